The van der Waals surface area contributed by atoms with Gasteiger partial charge in [0.2, 0.25) is 0 Å². The Hall–Kier alpha value is -3.89. The molecule has 3 heterocycles. The number of para-hydroxylation sites is 1. The standard InChI is InChI=1S/C29H17BrN2O/c30-24-7-3-9-27-29(24)23-13-11-19(16-28(23)33-27)18-10-12-22-21-6-1-2-8-25(21)32(26(22)15-18)20-5-4-14-31-17-20/h1-17H. The summed E-state index contributed by atoms with van der Waals surface area (Å²) in [6, 6.07) is 31.8. The van der Waals surface area contributed by atoms with Crippen LogP contribution >= 0.6 is 15.9 Å². The number of rotatable bonds is 2. The van der Waals surface area contributed by atoms with Gasteiger partial charge in [-0.05, 0) is 59.7 Å². The van der Waals surface area contributed by atoms with Crippen molar-refractivity contribution in [2.24, 2.45) is 0 Å². The molecule has 156 valence electrons. The minimum Gasteiger partial charge on any atom is -0.456 e. The van der Waals surface area contributed by atoms with Crippen molar-refractivity contribution in [3.8, 4) is 16.8 Å². The third kappa shape index (κ3) is 2.77. The third-order valence-electron chi connectivity index (χ3n) is 6.36. The van der Waals surface area contributed by atoms with Gasteiger partial charge < -0.3 is 8.98 Å². The summed E-state index contributed by atoms with van der Waals surface area (Å²) in [5.74, 6) is 0. The molecule has 0 unspecified atom stereocenters. The molecule has 0 N–H and O–H groups in total. The molecule has 0 radical (unpaired) electrons. The van der Waals surface area contributed by atoms with Gasteiger partial charge in [0, 0.05) is 32.2 Å². The van der Waals surface area contributed by atoms with Crippen LogP contribution in [0.1, 0.15) is 0 Å². The van der Waals surface area contributed by atoms with Gasteiger partial charge >= 0.3 is 0 Å². The molecule has 0 aliphatic carbocycles. The van der Waals surface area contributed by atoms with Crippen LogP contribution in [0.4, 0.5) is 0 Å². The van der Waals surface area contributed by atoms with Gasteiger partial charge in [0.05, 0.1) is 22.9 Å². The largest absolute Gasteiger partial charge is 0.456 e. The molecule has 0 aliphatic heterocycles. The van der Waals surface area contributed by atoms with E-state index >= 15 is 0 Å². The number of halogens is 1. The second kappa shape index (κ2) is 7.06. The van der Waals surface area contributed by atoms with Crippen molar-refractivity contribution in [3.63, 3.8) is 0 Å². The van der Waals surface area contributed by atoms with Gasteiger partial charge in [-0.2, -0.15) is 0 Å². The first-order valence-electron chi connectivity index (χ1n) is 10.8. The first kappa shape index (κ1) is 18.7. The highest BCUT2D eigenvalue weighted by molar-refractivity contribution is 9.10. The van der Waals surface area contributed by atoms with Crippen molar-refractivity contribution in [2.75, 3.05) is 0 Å². The van der Waals surface area contributed by atoms with E-state index < -0.39 is 0 Å². The Kier molecular flexibility index (Phi) is 3.99. The molecule has 7 rings (SSSR count). The predicted molar refractivity (Wildman–Crippen MR) is 139 cm³/mol. The van der Waals surface area contributed by atoms with Gasteiger partial charge in [0.15, 0.2) is 0 Å². The Morgan fingerprint density at radius 1 is 0.667 bits per heavy atom. The lowest BCUT2D eigenvalue weighted by atomic mass is 10.0. The summed E-state index contributed by atoms with van der Waals surface area (Å²) in [5.41, 5.74) is 7.45. The van der Waals surface area contributed by atoms with Crippen LogP contribution in [0.15, 0.2) is 112 Å². The highest BCUT2D eigenvalue weighted by atomic mass is 79.9. The van der Waals surface area contributed by atoms with Crippen molar-refractivity contribution < 1.29 is 4.42 Å². The number of furan rings is 1. The van der Waals surface area contributed by atoms with E-state index in [0.29, 0.717) is 0 Å². The number of nitrogens with zero attached hydrogens (tertiary/aromatic N) is 2. The fraction of sp³-hybridized carbons (Fsp3) is 0. The van der Waals surface area contributed by atoms with Crippen molar-refractivity contribution in [3.05, 3.63) is 108 Å². The Labute approximate surface area is 198 Å². The van der Waals surface area contributed by atoms with E-state index in [2.05, 4.69) is 98.3 Å². The summed E-state index contributed by atoms with van der Waals surface area (Å²) >= 11 is 3.67. The number of hydrogen-bond donors (Lipinski definition) is 0. The lowest BCUT2D eigenvalue weighted by Gasteiger charge is -2.08. The van der Waals surface area contributed by atoms with Crippen LogP contribution in [0.2, 0.25) is 0 Å². The fourth-order valence-corrected chi connectivity index (χ4v) is 5.44. The van der Waals surface area contributed by atoms with E-state index in [0.717, 1.165) is 48.7 Å². The number of hydrogen-bond acceptors (Lipinski definition) is 2. The van der Waals surface area contributed by atoms with Crippen LogP contribution in [-0.4, -0.2) is 9.55 Å². The van der Waals surface area contributed by atoms with Crippen LogP contribution < -0.4 is 0 Å². The van der Waals surface area contributed by atoms with E-state index in [9.17, 15) is 0 Å². The lowest BCUT2D eigenvalue weighted by Crippen LogP contribution is -1.94. The Balaban J connectivity index is 1.49. The maximum atomic E-state index is 6.18. The van der Waals surface area contributed by atoms with Crippen LogP contribution in [0.5, 0.6) is 0 Å². The summed E-state index contributed by atoms with van der Waals surface area (Å²) in [7, 11) is 0. The average Bonchev–Trinajstić information content (AvgIpc) is 3.40. The van der Waals surface area contributed by atoms with Gasteiger partial charge in [0.25, 0.3) is 0 Å². The predicted octanol–water partition coefficient (Wildman–Crippen LogP) is 8.51. The molecule has 0 amide bonds. The second-order valence-corrected chi connectivity index (χ2v) is 9.08. The van der Waals surface area contributed by atoms with Crippen LogP contribution in [0.25, 0.3) is 60.6 Å². The van der Waals surface area contributed by atoms with Crippen molar-refractivity contribution in [1.82, 2.24) is 9.55 Å². The minimum absolute atomic E-state index is 0.891. The molecular weight excluding hydrogens is 472 g/mol. The Bertz CT molecular complexity index is 1830. The summed E-state index contributed by atoms with van der Waals surface area (Å²) in [4.78, 5) is 4.36. The normalized spacial score (nSPS) is 11.8. The van der Waals surface area contributed by atoms with Gasteiger partial charge in [-0.1, -0.05) is 58.4 Å². The van der Waals surface area contributed by atoms with Gasteiger partial charge in [0.1, 0.15) is 11.2 Å². The number of fused-ring (bicyclic) bond motifs is 6. The zero-order valence-corrected chi connectivity index (χ0v) is 19.1. The highest BCUT2D eigenvalue weighted by Gasteiger charge is 2.15. The van der Waals surface area contributed by atoms with Crippen molar-refractivity contribution >= 4 is 59.7 Å². The molecule has 0 saturated heterocycles. The molecule has 0 saturated carbocycles. The average molecular weight is 489 g/mol. The highest BCUT2D eigenvalue weighted by Crippen LogP contribution is 2.38. The monoisotopic (exact) mass is 488 g/mol. The third-order valence-corrected chi connectivity index (χ3v) is 7.02. The van der Waals surface area contributed by atoms with E-state index in [1.165, 1.54) is 16.3 Å². The second-order valence-electron chi connectivity index (χ2n) is 8.22. The smallest absolute Gasteiger partial charge is 0.136 e. The van der Waals surface area contributed by atoms with Gasteiger partial charge in [-0.15, -0.1) is 0 Å². The molecule has 0 spiro atoms. The zero-order chi connectivity index (χ0) is 21.9. The molecule has 0 atom stereocenters. The van der Waals surface area contributed by atoms with Crippen LogP contribution in [0.3, 0.4) is 0 Å². The molecule has 4 heteroatoms. The molecule has 0 aliphatic rings. The van der Waals surface area contributed by atoms with Crippen LogP contribution in [0, 0.1) is 0 Å². The SMILES string of the molecule is Brc1cccc2oc3cc(-c4ccc5c6ccccc6n(-c6cccnc6)c5c4)ccc3c12. The molecule has 3 nitrogen and oxygen atoms in total. The van der Waals surface area contributed by atoms with E-state index in [1.54, 1.807) is 0 Å². The van der Waals surface area contributed by atoms with Gasteiger partial charge in [-0.25, -0.2) is 0 Å². The summed E-state index contributed by atoms with van der Waals surface area (Å²) in [6.45, 7) is 0. The summed E-state index contributed by atoms with van der Waals surface area (Å²) in [6.07, 6.45) is 3.72. The maximum Gasteiger partial charge on any atom is 0.136 e. The van der Waals surface area contributed by atoms with E-state index in [1.807, 2.05) is 30.6 Å². The lowest BCUT2D eigenvalue weighted by molar-refractivity contribution is 0.669. The van der Waals surface area contributed by atoms with E-state index in [4.69, 9.17) is 4.42 Å². The molecule has 4 aromatic carbocycles. The minimum atomic E-state index is 0.891. The molecule has 3 aromatic heterocycles. The van der Waals surface area contributed by atoms with Crippen molar-refractivity contribution in [1.29, 1.82) is 0 Å². The molecule has 7 aromatic rings. The van der Waals surface area contributed by atoms with E-state index in [-0.39, 0.29) is 0 Å². The van der Waals surface area contributed by atoms with Gasteiger partial charge in [-0.3, -0.25) is 4.98 Å². The molecular formula is C29H17BrN2O. The molecule has 33 heavy (non-hydrogen) atoms. The summed E-state index contributed by atoms with van der Waals surface area (Å²) < 4.78 is 9.52. The first-order chi connectivity index (χ1) is 16.3. The number of benzene rings is 4. The molecule has 0 fully saturated rings. The van der Waals surface area contributed by atoms with Crippen molar-refractivity contribution in [2.45, 2.75) is 0 Å². The first-order valence-corrected chi connectivity index (χ1v) is 11.6. The quantitative estimate of drug-likeness (QED) is 0.244. The Morgan fingerprint density at radius 2 is 1.48 bits per heavy atom. The summed E-state index contributed by atoms with van der Waals surface area (Å²) in [5, 5.41) is 4.70. The zero-order valence-electron chi connectivity index (χ0n) is 17.5. The molecule has 0 bridgehead atoms. The topological polar surface area (TPSA) is 31.0 Å². The Morgan fingerprint density at radius 3 is 2.36 bits per heavy atom. The number of aromatic nitrogens is 2. The number of pyridine rings is 1. The fourth-order valence-electron chi connectivity index (χ4n) is 4.88. The maximum absolute atomic E-state index is 6.18. The van der Waals surface area contributed by atoms with Crippen LogP contribution in [-0.2, 0) is 0 Å².